The number of carbonyl (C=O) groups is 2. The van der Waals surface area contributed by atoms with Crippen molar-refractivity contribution in [3.8, 4) is 0 Å². The minimum atomic E-state index is -0.476. The van der Waals surface area contributed by atoms with Crippen molar-refractivity contribution in [1.29, 1.82) is 0 Å². The van der Waals surface area contributed by atoms with E-state index in [4.69, 9.17) is 12.2 Å². The molecule has 1 aliphatic heterocycles. The highest BCUT2D eigenvalue weighted by Gasteiger charge is 2.35. The molecule has 1 fully saturated rings. The molecule has 1 N–H and O–H groups in total. The lowest BCUT2D eigenvalue weighted by atomic mass is 10.1. The maximum absolute atomic E-state index is 12.9. The van der Waals surface area contributed by atoms with Gasteiger partial charge >= 0.3 is 0 Å². The van der Waals surface area contributed by atoms with E-state index in [1.165, 1.54) is 16.2 Å². The molecule has 4 nitrogen and oxygen atoms in total. The minimum absolute atomic E-state index is 0.0684. The topological polar surface area (TPSA) is 49.4 Å². The van der Waals surface area contributed by atoms with Gasteiger partial charge in [0.2, 0.25) is 0 Å². The first kappa shape index (κ1) is 17.0. The van der Waals surface area contributed by atoms with Crippen molar-refractivity contribution in [3.63, 3.8) is 0 Å². The van der Waals surface area contributed by atoms with Gasteiger partial charge in [0.15, 0.2) is 5.11 Å². The Kier molecular flexibility index (Phi) is 4.67. The van der Waals surface area contributed by atoms with E-state index in [1.807, 2.05) is 43.5 Å². The minimum Gasteiger partial charge on any atom is -0.298 e. The predicted molar refractivity (Wildman–Crippen MR) is 104 cm³/mol. The summed E-state index contributed by atoms with van der Waals surface area (Å²) in [6, 6.07) is 7.63. The lowest BCUT2D eigenvalue weighted by Crippen LogP contribution is -2.54. The molecule has 0 bridgehead atoms. The van der Waals surface area contributed by atoms with Gasteiger partial charge < -0.3 is 0 Å². The highest BCUT2D eigenvalue weighted by Crippen LogP contribution is 2.28. The van der Waals surface area contributed by atoms with Crippen LogP contribution >= 0.6 is 39.5 Å². The molecule has 1 aliphatic rings. The number of nitrogens with one attached hydrogen (secondary N) is 1. The van der Waals surface area contributed by atoms with E-state index in [9.17, 15) is 9.59 Å². The molecule has 0 aliphatic carbocycles. The van der Waals surface area contributed by atoms with Gasteiger partial charge in [-0.3, -0.25) is 19.8 Å². The summed E-state index contributed by atoms with van der Waals surface area (Å²) < 4.78 is 0.907. The molecule has 1 aromatic heterocycles. The predicted octanol–water partition coefficient (Wildman–Crippen LogP) is 3.96. The van der Waals surface area contributed by atoms with Gasteiger partial charge in [-0.1, -0.05) is 12.1 Å². The summed E-state index contributed by atoms with van der Waals surface area (Å²) in [5, 5.41) is 4.60. The Labute approximate surface area is 157 Å². The van der Waals surface area contributed by atoms with Gasteiger partial charge in [-0.25, -0.2) is 0 Å². The molecule has 122 valence electrons. The molecule has 1 aromatic carbocycles. The molecule has 24 heavy (non-hydrogen) atoms. The van der Waals surface area contributed by atoms with Gasteiger partial charge in [-0.05, 0) is 71.3 Å². The van der Waals surface area contributed by atoms with Crippen LogP contribution in [-0.4, -0.2) is 16.9 Å². The lowest BCUT2D eigenvalue weighted by molar-refractivity contribution is -0.122. The van der Waals surface area contributed by atoms with E-state index in [0.29, 0.717) is 5.69 Å². The van der Waals surface area contributed by atoms with Crippen molar-refractivity contribution in [3.05, 3.63) is 55.7 Å². The van der Waals surface area contributed by atoms with E-state index in [1.54, 1.807) is 6.08 Å². The van der Waals surface area contributed by atoms with Crippen molar-refractivity contribution in [1.82, 2.24) is 5.32 Å². The molecule has 1 saturated heterocycles. The number of rotatable bonds is 2. The van der Waals surface area contributed by atoms with Crippen molar-refractivity contribution in [2.75, 3.05) is 4.90 Å². The summed E-state index contributed by atoms with van der Waals surface area (Å²) in [7, 11) is 0. The van der Waals surface area contributed by atoms with Gasteiger partial charge in [-0.2, -0.15) is 0 Å². The summed E-state index contributed by atoms with van der Waals surface area (Å²) in [4.78, 5) is 27.4. The first-order valence-corrected chi connectivity index (χ1v) is 9.17. The molecule has 0 saturated carbocycles. The van der Waals surface area contributed by atoms with Crippen molar-refractivity contribution >= 4 is 68.2 Å². The molecule has 7 heteroatoms. The zero-order valence-electron chi connectivity index (χ0n) is 12.9. The first-order valence-electron chi connectivity index (χ1n) is 7.09. The molecule has 2 aromatic rings. The Bertz CT molecular complexity index is 902. The summed E-state index contributed by atoms with van der Waals surface area (Å²) in [6.07, 6.45) is 1.59. The first-order chi connectivity index (χ1) is 11.4. The molecule has 2 amide bonds. The van der Waals surface area contributed by atoms with Crippen molar-refractivity contribution < 1.29 is 9.59 Å². The number of carbonyl (C=O) groups excluding carboxylic acids is 2. The number of hydrogen-bond acceptors (Lipinski definition) is 4. The fraction of sp³-hybridized carbons (Fsp3) is 0.118. The largest absolute Gasteiger partial charge is 0.298 e. The number of aryl methyl sites for hydroxylation is 2. The number of thiocarbonyl (C=S) groups is 1. The number of benzene rings is 1. The molecule has 0 unspecified atom stereocenters. The van der Waals surface area contributed by atoms with Crippen LogP contribution < -0.4 is 10.2 Å². The number of nitrogens with zero attached hydrogens (tertiary/aromatic N) is 1. The van der Waals surface area contributed by atoms with Crippen LogP contribution in [-0.2, 0) is 9.59 Å². The van der Waals surface area contributed by atoms with Crippen LogP contribution in [0.4, 0.5) is 5.69 Å². The Hall–Kier alpha value is -1.83. The van der Waals surface area contributed by atoms with Crippen LogP contribution in [0.25, 0.3) is 6.08 Å². The monoisotopic (exact) mass is 420 g/mol. The van der Waals surface area contributed by atoms with E-state index in [-0.39, 0.29) is 10.7 Å². The van der Waals surface area contributed by atoms with E-state index in [2.05, 4.69) is 21.2 Å². The van der Waals surface area contributed by atoms with Crippen molar-refractivity contribution in [2.24, 2.45) is 0 Å². The van der Waals surface area contributed by atoms with Crippen LogP contribution in [0.5, 0.6) is 0 Å². The highest BCUT2D eigenvalue weighted by atomic mass is 79.9. The second-order valence-corrected chi connectivity index (χ2v) is 7.66. The van der Waals surface area contributed by atoms with Crippen LogP contribution in [0.1, 0.15) is 16.0 Å². The van der Waals surface area contributed by atoms with Crippen molar-refractivity contribution in [2.45, 2.75) is 13.8 Å². The Morgan fingerprint density at radius 2 is 2.00 bits per heavy atom. The zero-order valence-corrected chi connectivity index (χ0v) is 16.1. The average molecular weight is 421 g/mol. The number of hydrogen-bond donors (Lipinski definition) is 1. The fourth-order valence-corrected chi connectivity index (χ4v) is 4.03. The zero-order chi connectivity index (χ0) is 17.4. The molecular formula is C17H13BrN2O2S2. The van der Waals surface area contributed by atoms with E-state index < -0.39 is 11.8 Å². The van der Waals surface area contributed by atoms with Gasteiger partial charge in [0, 0.05) is 14.7 Å². The molecule has 0 atom stereocenters. The van der Waals surface area contributed by atoms with Gasteiger partial charge in [-0.15, -0.1) is 11.3 Å². The maximum atomic E-state index is 12.9. The van der Waals surface area contributed by atoms with E-state index >= 15 is 0 Å². The standard InChI is InChI=1S/C17H13BrN2O2S2/c1-9-3-4-10(2)14(5-9)20-16(22)13(15(21)19-17(20)23)7-12-6-11(18)8-24-12/h3-8H,1-2H3,(H,19,21,23)/b13-7+. The highest BCUT2D eigenvalue weighted by molar-refractivity contribution is 9.10. The van der Waals surface area contributed by atoms with Crippen LogP contribution in [0, 0.1) is 13.8 Å². The van der Waals surface area contributed by atoms with Crippen LogP contribution in [0.2, 0.25) is 0 Å². The summed E-state index contributed by atoms with van der Waals surface area (Å²) in [5.74, 6) is -0.891. The Morgan fingerprint density at radius 1 is 1.25 bits per heavy atom. The third kappa shape index (κ3) is 3.19. The van der Waals surface area contributed by atoms with Crippen LogP contribution in [0.3, 0.4) is 0 Å². The smallest absolute Gasteiger partial charge is 0.270 e. The van der Waals surface area contributed by atoms with Gasteiger partial charge in [0.25, 0.3) is 11.8 Å². The number of anilines is 1. The molecular weight excluding hydrogens is 408 g/mol. The Morgan fingerprint density at radius 3 is 2.67 bits per heavy atom. The summed E-state index contributed by atoms with van der Waals surface area (Å²) in [5.41, 5.74) is 2.67. The van der Waals surface area contributed by atoms with Gasteiger partial charge in [0.1, 0.15) is 5.57 Å². The lowest BCUT2D eigenvalue weighted by Gasteiger charge is -2.30. The summed E-state index contributed by atoms with van der Waals surface area (Å²) >= 11 is 10.0. The number of thiophene rings is 1. The number of amides is 2. The fourth-order valence-electron chi connectivity index (χ4n) is 2.38. The quantitative estimate of drug-likeness (QED) is 0.454. The molecule has 0 radical (unpaired) electrons. The normalized spacial score (nSPS) is 16.7. The maximum Gasteiger partial charge on any atom is 0.270 e. The SMILES string of the molecule is Cc1ccc(C)c(N2C(=O)/C(=C/c3cc(Br)cs3)C(=O)NC2=S)c1. The molecule has 3 rings (SSSR count). The van der Waals surface area contributed by atoms with E-state index in [0.717, 1.165) is 20.5 Å². The summed E-state index contributed by atoms with van der Waals surface area (Å²) in [6.45, 7) is 3.85. The number of halogens is 1. The second kappa shape index (κ2) is 6.58. The Balaban J connectivity index is 2.06. The molecule has 0 spiro atoms. The van der Waals surface area contributed by atoms with Gasteiger partial charge in [0.05, 0.1) is 5.69 Å². The average Bonchev–Trinajstić information content (AvgIpc) is 2.92. The van der Waals surface area contributed by atoms with Crippen LogP contribution in [0.15, 0.2) is 39.7 Å². The molecule has 2 heterocycles. The third-order valence-electron chi connectivity index (χ3n) is 3.58. The second-order valence-electron chi connectivity index (χ2n) is 5.42. The third-order valence-corrected chi connectivity index (χ3v) is 5.51.